The Bertz CT molecular complexity index is 587. The Kier molecular flexibility index (Phi) is 2.64. The van der Waals surface area contributed by atoms with Crippen LogP contribution in [0.4, 0.5) is 6.01 Å². The van der Waals surface area contributed by atoms with Gasteiger partial charge in [-0.3, -0.25) is 0 Å². The van der Waals surface area contributed by atoms with Crippen molar-refractivity contribution in [2.75, 3.05) is 31.2 Å². The minimum absolute atomic E-state index is 0.201. The van der Waals surface area contributed by atoms with Gasteiger partial charge in [-0.05, 0) is 18.2 Å². The maximum absolute atomic E-state index is 10.9. The van der Waals surface area contributed by atoms with Gasteiger partial charge in [-0.2, -0.15) is 4.98 Å². The molecule has 1 aromatic heterocycles. The first-order valence-corrected chi connectivity index (χ1v) is 5.70. The van der Waals surface area contributed by atoms with Crippen molar-refractivity contribution < 1.29 is 19.1 Å². The Balaban J connectivity index is 1.97. The summed E-state index contributed by atoms with van der Waals surface area (Å²) in [6.45, 7) is 2.77. The van der Waals surface area contributed by atoms with E-state index in [0.717, 1.165) is 13.1 Å². The van der Waals surface area contributed by atoms with Crippen LogP contribution in [0.2, 0.25) is 0 Å². The molecule has 1 aromatic carbocycles. The monoisotopic (exact) mass is 248 g/mol. The largest absolute Gasteiger partial charge is 0.478 e. The van der Waals surface area contributed by atoms with Crippen LogP contribution >= 0.6 is 0 Å². The van der Waals surface area contributed by atoms with Crippen LogP contribution in [0.5, 0.6) is 0 Å². The molecular weight excluding hydrogens is 236 g/mol. The fourth-order valence-corrected chi connectivity index (χ4v) is 1.94. The number of fused-ring (bicyclic) bond motifs is 1. The van der Waals surface area contributed by atoms with Crippen molar-refractivity contribution in [1.82, 2.24) is 4.98 Å². The summed E-state index contributed by atoms with van der Waals surface area (Å²) >= 11 is 0. The van der Waals surface area contributed by atoms with Gasteiger partial charge < -0.3 is 19.2 Å². The minimum atomic E-state index is -0.971. The molecule has 0 saturated carbocycles. The molecular formula is C12H12N2O4. The summed E-state index contributed by atoms with van der Waals surface area (Å²) in [7, 11) is 0. The number of morpholine rings is 1. The minimum Gasteiger partial charge on any atom is -0.478 e. The molecule has 0 unspecified atom stereocenters. The lowest BCUT2D eigenvalue weighted by Gasteiger charge is -2.24. The Morgan fingerprint density at radius 1 is 1.33 bits per heavy atom. The summed E-state index contributed by atoms with van der Waals surface area (Å²) in [6, 6.07) is 5.20. The Morgan fingerprint density at radius 2 is 2.11 bits per heavy atom. The molecule has 2 heterocycles. The molecule has 6 heteroatoms. The number of anilines is 1. The third kappa shape index (κ3) is 1.91. The molecule has 1 fully saturated rings. The van der Waals surface area contributed by atoms with Gasteiger partial charge in [-0.15, -0.1) is 0 Å². The highest BCUT2D eigenvalue weighted by atomic mass is 16.5. The van der Waals surface area contributed by atoms with Gasteiger partial charge in [-0.1, -0.05) is 0 Å². The molecule has 94 valence electrons. The fraction of sp³-hybridized carbons (Fsp3) is 0.333. The second-order valence-electron chi connectivity index (χ2n) is 4.08. The van der Waals surface area contributed by atoms with Crippen LogP contribution in [0.15, 0.2) is 22.6 Å². The van der Waals surface area contributed by atoms with Crippen LogP contribution in [0.3, 0.4) is 0 Å². The Labute approximate surface area is 103 Å². The average molecular weight is 248 g/mol. The van der Waals surface area contributed by atoms with Crippen LogP contribution in [0.1, 0.15) is 10.4 Å². The van der Waals surface area contributed by atoms with E-state index in [4.69, 9.17) is 14.3 Å². The zero-order valence-corrected chi connectivity index (χ0v) is 9.63. The molecule has 0 amide bonds. The fourth-order valence-electron chi connectivity index (χ4n) is 1.94. The highest BCUT2D eigenvalue weighted by Crippen LogP contribution is 2.23. The van der Waals surface area contributed by atoms with Crippen molar-refractivity contribution in [2.45, 2.75) is 0 Å². The molecule has 1 N–H and O–H groups in total. The lowest BCUT2D eigenvalue weighted by Crippen LogP contribution is -2.36. The molecule has 18 heavy (non-hydrogen) atoms. The quantitative estimate of drug-likeness (QED) is 0.864. The third-order valence-corrected chi connectivity index (χ3v) is 2.91. The van der Waals surface area contributed by atoms with Crippen LogP contribution < -0.4 is 4.90 Å². The number of aromatic nitrogens is 1. The highest BCUT2D eigenvalue weighted by Gasteiger charge is 2.17. The topological polar surface area (TPSA) is 75.8 Å². The maximum Gasteiger partial charge on any atom is 0.335 e. The number of hydrogen-bond donors (Lipinski definition) is 1. The number of carbonyl (C=O) groups is 1. The molecule has 6 nitrogen and oxygen atoms in total. The van der Waals surface area contributed by atoms with Crippen molar-refractivity contribution in [3.8, 4) is 0 Å². The molecule has 1 saturated heterocycles. The molecule has 0 radical (unpaired) electrons. The molecule has 3 rings (SSSR count). The SMILES string of the molecule is O=C(O)c1ccc2nc(N3CCOCC3)oc2c1. The number of carboxylic acid groups (broad SMARTS) is 1. The van der Waals surface area contributed by atoms with Gasteiger partial charge >= 0.3 is 5.97 Å². The molecule has 1 aliphatic heterocycles. The van der Waals surface area contributed by atoms with Crippen LogP contribution in [-0.2, 0) is 4.74 Å². The van der Waals surface area contributed by atoms with E-state index < -0.39 is 5.97 Å². The first kappa shape index (κ1) is 11.0. The standard InChI is InChI=1S/C12H12N2O4/c15-11(16)8-1-2-9-10(7-8)18-12(13-9)14-3-5-17-6-4-14/h1-2,7H,3-6H2,(H,15,16). The van der Waals surface area contributed by atoms with E-state index in [1.807, 2.05) is 4.90 Å². The second-order valence-corrected chi connectivity index (χ2v) is 4.08. The normalized spacial score (nSPS) is 16.1. The van der Waals surface area contributed by atoms with E-state index in [9.17, 15) is 4.79 Å². The Morgan fingerprint density at radius 3 is 2.83 bits per heavy atom. The smallest absolute Gasteiger partial charge is 0.335 e. The number of carboxylic acids is 1. The summed E-state index contributed by atoms with van der Waals surface area (Å²) in [5.41, 5.74) is 1.37. The van der Waals surface area contributed by atoms with E-state index in [2.05, 4.69) is 4.98 Å². The van der Waals surface area contributed by atoms with Gasteiger partial charge in [0.05, 0.1) is 18.8 Å². The number of aromatic carboxylic acids is 1. The van der Waals surface area contributed by atoms with E-state index in [-0.39, 0.29) is 5.56 Å². The zero-order valence-electron chi connectivity index (χ0n) is 9.63. The lowest BCUT2D eigenvalue weighted by atomic mass is 10.2. The van der Waals surface area contributed by atoms with Crippen molar-refractivity contribution in [3.63, 3.8) is 0 Å². The molecule has 2 aromatic rings. The van der Waals surface area contributed by atoms with Gasteiger partial charge in [0.1, 0.15) is 5.52 Å². The number of hydrogen-bond acceptors (Lipinski definition) is 5. The first-order valence-electron chi connectivity index (χ1n) is 5.70. The highest BCUT2D eigenvalue weighted by molar-refractivity contribution is 5.92. The number of ether oxygens (including phenoxy) is 1. The molecule has 0 bridgehead atoms. The zero-order chi connectivity index (χ0) is 12.5. The summed E-state index contributed by atoms with van der Waals surface area (Å²) in [5, 5.41) is 8.91. The first-order chi connectivity index (χ1) is 8.74. The number of rotatable bonds is 2. The van der Waals surface area contributed by atoms with Crippen molar-refractivity contribution >= 4 is 23.1 Å². The van der Waals surface area contributed by atoms with E-state index >= 15 is 0 Å². The predicted molar refractivity (Wildman–Crippen MR) is 64.0 cm³/mol. The van der Waals surface area contributed by atoms with Gasteiger partial charge in [0.25, 0.3) is 6.01 Å². The summed E-state index contributed by atoms with van der Waals surface area (Å²) in [5.74, 6) is -0.971. The summed E-state index contributed by atoms with van der Waals surface area (Å²) in [4.78, 5) is 17.2. The van der Waals surface area contributed by atoms with E-state index in [1.54, 1.807) is 6.07 Å². The number of oxazole rings is 1. The van der Waals surface area contributed by atoms with E-state index in [0.29, 0.717) is 30.3 Å². The number of benzene rings is 1. The summed E-state index contributed by atoms with van der Waals surface area (Å²) in [6.07, 6.45) is 0. The van der Waals surface area contributed by atoms with Gasteiger partial charge in [0.15, 0.2) is 5.58 Å². The average Bonchev–Trinajstić information content (AvgIpc) is 2.82. The third-order valence-electron chi connectivity index (χ3n) is 2.91. The molecule has 1 aliphatic rings. The molecule has 0 spiro atoms. The van der Waals surface area contributed by atoms with E-state index in [1.165, 1.54) is 12.1 Å². The second kappa shape index (κ2) is 4.30. The number of nitrogens with zero attached hydrogens (tertiary/aromatic N) is 2. The van der Waals surface area contributed by atoms with Crippen LogP contribution in [-0.4, -0.2) is 42.4 Å². The van der Waals surface area contributed by atoms with Crippen LogP contribution in [0.25, 0.3) is 11.1 Å². The van der Waals surface area contributed by atoms with Gasteiger partial charge in [0, 0.05) is 13.1 Å². The van der Waals surface area contributed by atoms with Crippen molar-refractivity contribution in [1.29, 1.82) is 0 Å². The predicted octanol–water partition coefficient (Wildman–Crippen LogP) is 1.36. The lowest BCUT2D eigenvalue weighted by molar-refractivity contribution is 0.0697. The molecule has 0 atom stereocenters. The van der Waals surface area contributed by atoms with Crippen molar-refractivity contribution in [3.05, 3.63) is 23.8 Å². The van der Waals surface area contributed by atoms with Gasteiger partial charge in [0.2, 0.25) is 0 Å². The molecule has 0 aliphatic carbocycles. The van der Waals surface area contributed by atoms with Crippen LogP contribution in [0, 0.1) is 0 Å². The van der Waals surface area contributed by atoms with Gasteiger partial charge in [-0.25, -0.2) is 4.79 Å². The Hall–Kier alpha value is -2.08. The van der Waals surface area contributed by atoms with Crippen molar-refractivity contribution in [2.24, 2.45) is 0 Å². The summed E-state index contributed by atoms with van der Waals surface area (Å²) < 4.78 is 10.9. The maximum atomic E-state index is 10.9.